The maximum atomic E-state index is 8.94. The molecule has 0 spiro atoms. The van der Waals surface area contributed by atoms with E-state index in [1.165, 1.54) is 50.2 Å². The summed E-state index contributed by atoms with van der Waals surface area (Å²) in [6, 6.07) is 6.15. The van der Waals surface area contributed by atoms with Gasteiger partial charge in [0.25, 0.3) is 0 Å². The third-order valence-corrected chi connectivity index (χ3v) is 12.5. The fourth-order valence-corrected chi connectivity index (χ4v) is 8.97. The van der Waals surface area contributed by atoms with Crippen molar-refractivity contribution in [1.82, 2.24) is 0 Å². The second-order valence-corrected chi connectivity index (χ2v) is 13.5. The van der Waals surface area contributed by atoms with Crippen LogP contribution in [0.4, 0.5) is 0 Å². The van der Waals surface area contributed by atoms with Gasteiger partial charge >= 0.3 is 0 Å². The quantitative estimate of drug-likeness (QED) is 0.466. The molecule has 24 heavy (non-hydrogen) atoms. The average Bonchev–Trinajstić information content (AvgIpc) is 2.95. The zero-order chi connectivity index (χ0) is 17.8. The van der Waals surface area contributed by atoms with Gasteiger partial charge in [0.15, 0.2) is 8.32 Å². The van der Waals surface area contributed by atoms with Crippen molar-refractivity contribution in [2.75, 3.05) is 0 Å². The smallest absolute Gasteiger partial charge is 0.192 e. The summed E-state index contributed by atoms with van der Waals surface area (Å²) in [5.41, 5.74) is 0.452. The third kappa shape index (κ3) is 3.75. The van der Waals surface area contributed by atoms with E-state index in [1.807, 2.05) is 0 Å². The molecule has 0 aliphatic heterocycles. The van der Waals surface area contributed by atoms with Gasteiger partial charge in [0.05, 0.1) is 6.07 Å². The van der Waals surface area contributed by atoms with Crippen LogP contribution in [-0.2, 0) is 4.43 Å². The third-order valence-electron chi connectivity index (χ3n) is 7.87. The number of hydrogen-bond acceptors (Lipinski definition) is 2. The van der Waals surface area contributed by atoms with Gasteiger partial charge in [-0.15, -0.1) is 0 Å². The van der Waals surface area contributed by atoms with Gasteiger partial charge < -0.3 is 4.43 Å². The number of rotatable bonds is 8. The van der Waals surface area contributed by atoms with Crippen LogP contribution in [0.25, 0.3) is 0 Å². The number of fused-ring (bicyclic) bond motifs is 1. The molecule has 2 unspecified atom stereocenters. The first kappa shape index (κ1) is 20.0. The van der Waals surface area contributed by atoms with E-state index in [0.29, 0.717) is 17.4 Å². The Morgan fingerprint density at radius 2 is 1.83 bits per heavy atom. The van der Waals surface area contributed by atoms with E-state index >= 15 is 0 Å². The summed E-state index contributed by atoms with van der Waals surface area (Å²) < 4.78 is 7.00. The number of nitrogens with zero attached hydrogens (tertiary/aromatic N) is 1. The van der Waals surface area contributed by atoms with E-state index in [0.717, 1.165) is 24.7 Å². The van der Waals surface area contributed by atoms with Gasteiger partial charge in [-0.2, -0.15) is 5.26 Å². The second-order valence-electron chi connectivity index (χ2n) is 8.76. The Morgan fingerprint density at radius 3 is 2.42 bits per heavy atom. The molecule has 2 nitrogen and oxygen atoms in total. The lowest BCUT2D eigenvalue weighted by atomic mass is 9.61. The molecule has 0 N–H and O–H groups in total. The largest absolute Gasteiger partial charge is 0.414 e. The predicted molar refractivity (Wildman–Crippen MR) is 104 cm³/mol. The predicted octanol–water partition coefficient (Wildman–Crippen LogP) is 6.53. The van der Waals surface area contributed by atoms with Crippen LogP contribution in [0.1, 0.15) is 79.6 Å². The van der Waals surface area contributed by atoms with Crippen molar-refractivity contribution in [2.24, 2.45) is 23.2 Å². The van der Waals surface area contributed by atoms with E-state index in [2.05, 4.69) is 40.7 Å². The summed E-state index contributed by atoms with van der Waals surface area (Å²) in [4.78, 5) is 0. The summed E-state index contributed by atoms with van der Waals surface area (Å²) in [6.07, 6.45) is 9.01. The minimum Gasteiger partial charge on any atom is -0.414 e. The van der Waals surface area contributed by atoms with Gasteiger partial charge in [-0.05, 0) is 73.4 Å². The molecule has 2 aliphatic carbocycles. The molecule has 3 heteroatoms. The van der Waals surface area contributed by atoms with Crippen molar-refractivity contribution in [1.29, 1.82) is 5.26 Å². The van der Waals surface area contributed by atoms with E-state index < -0.39 is 8.32 Å². The van der Waals surface area contributed by atoms with Gasteiger partial charge in [-0.1, -0.05) is 41.0 Å². The highest BCUT2D eigenvalue weighted by atomic mass is 28.4. The molecule has 5 atom stereocenters. The van der Waals surface area contributed by atoms with Crippen molar-refractivity contribution < 1.29 is 4.43 Å². The lowest BCUT2D eigenvalue weighted by Crippen LogP contribution is -2.48. The zero-order valence-electron chi connectivity index (χ0n) is 16.7. The van der Waals surface area contributed by atoms with Crippen LogP contribution >= 0.6 is 0 Å². The highest BCUT2D eigenvalue weighted by Gasteiger charge is 2.53. The van der Waals surface area contributed by atoms with Crippen molar-refractivity contribution in [2.45, 2.75) is 104 Å². The van der Waals surface area contributed by atoms with E-state index in [-0.39, 0.29) is 0 Å². The highest BCUT2D eigenvalue weighted by molar-refractivity contribution is 6.73. The molecule has 2 rings (SSSR count). The van der Waals surface area contributed by atoms with Crippen LogP contribution in [0.3, 0.4) is 0 Å². The SMILES string of the molecule is CC[Si](CC)(CC)O[C@H]1CCC[C@@]2(C)C1CC[C@@H]2C(C)CCC#N. The first-order chi connectivity index (χ1) is 11.5. The molecule has 0 bridgehead atoms. The van der Waals surface area contributed by atoms with Crippen LogP contribution in [0, 0.1) is 34.5 Å². The Morgan fingerprint density at radius 1 is 1.17 bits per heavy atom. The fraction of sp³-hybridized carbons (Fsp3) is 0.952. The summed E-state index contributed by atoms with van der Waals surface area (Å²) in [6.45, 7) is 12.0. The van der Waals surface area contributed by atoms with Crippen LogP contribution in [0.2, 0.25) is 18.1 Å². The first-order valence-electron chi connectivity index (χ1n) is 10.5. The van der Waals surface area contributed by atoms with Crippen LogP contribution < -0.4 is 0 Å². The Bertz CT molecular complexity index is 433. The highest BCUT2D eigenvalue weighted by Crippen LogP contribution is 2.59. The lowest BCUT2D eigenvalue weighted by molar-refractivity contribution is -0.0200. The summed E-state index contributed by atoms with van der Waals surface area (Å²) in [7, 11) is -1.51. The van der Waals surface area contributed by atoms with Crippen molar-refractivity contribution in [3.8, 4) is 6.07 Å². The second kappa shape index (κ2) is 8.36. The van der Waals surface area contributed by atoms with Gasteiger partial charge in [-0.3, -0.25) is 0 Å². The van der Waals surface area contributed by atoms with Crippen LogP contribution in [-0.4, -0.2) is 14.4 Å². The summed E-state index contributed by atoms with van der Waals surface area (Å²) in [5.74, 6) is 2.24. The number of nitriles is 1. The summed E-state index contributed by atoms with van der Waals surface area (Å²) in [5, 5.41) is 8.94. The molecule has 2 fully saturated rings. The minimum absolute atomic E-state index is 0.452. The molecule has 2 aliphatic rings. The molecule has 0 amide bonds. The zero-order valence-corrected chi connectivity index (χ0v) is 17.7. The van der Waals surface area contributed by atoms with Gasteiger partial charge in [-0.25, -0.2) is 0 Å². The monoisotopic (exact) mass is 349 g/mol. The van der Waals surface area contributed by atoms with Crippen molar-refractivity contribution in [3.63, 3.8) is 0 Å². The standard InChI is InChI=1S/C21H39NOSi/c1-6-24(7-2,8-3)23-20-12-9-15-21(5)18(13-14-19(20)21)17(4)11-10-16-22/h17-20H,6-15H2,1-5H3/t17?,18-,19?,20+,21-/m1/s1. The Labute approximate surface area is 151 Å². The molecule has 2 saturated carbocycles. The molecule has 138 valence electrons. The van der Waals surface area contributed by atoms with Gasteiger partial charge in [0, 0.05) is 12.5 Å². The molecule has 0 aromatic heterocycles. The molecular formula is C21H39NOSi. The molecule has 0 radical (unpaired) electrons. The Hall–Kier alpha value is -0.333. The van der Waals surface area contributed by atoms with Crippen LogP contribution in [0.5, 0.6) is 0 Å². The molecule has 0 aromatic carbocycles. The Balaban J connectivity index is 2.13. The molecule has 0 saturated heterocycles. The van der Waals surface area contributed by atoms with Crippen molar-refractivity contribution >= 4 is 8.32 Å². The van der Waals surface area contributed by atoms with Crippen LogP contribution in [0.15, 0.2) is 0 Å². The molecular weight excluding hydrogens is 310 g/mol. The maximum absolute atomic E-state index is 8.94. The topological polar surface area (TPSA) is 33.0 Å². The molecule has 0 aromatic rings. The van der Waals surface area contributed by atoms with Gasteiger partial charge in [0.1, 0.15) is 0 Å². The maximum Gasteiger partial charge on any atom is 0.192 e. The fourth-order valence-electron chi connectivity index (χ4n) is 6.05. The summed E-state index contributed by atoms with van der Waals surface area (Å²) >= 11 is 0. The molecule has 0 heterocycles. The first-order valence-corrected chi connectivity index (χ1v) is 13.0. The van der Waals surface area contributed by atoms with E-state index in [4.69, 9.17) is 9.69 Å². The average molecular weight is 350 g/mol. The number of hydrogen-bond donors (Lipinski definition) is 0. The van der Waals surface area contributed by atoms with Crippen molar-refractivity contribution in [3.05, 3.63) is 0 Å². The minimum atomic E-state index is -1.51. The van der Waals surface area contributed by atoms with E-state index in [9.17, 15) is 0 Å². The van der Waals surface area contributed by atoms with E-state index in [1.54, 1.807) is 0 Å². The van der Waals surface area contributed by atoms with Gasteiger partial charge in [0.2, 0.25) is 0 Å². The Kier molecular flexibility index (Phi) is 6.97. The lowest BCUT2D eigenvalue weighted by Gasteiger charge is -2.48. The normalized spacial score (nSPS) is 34.6.